The van der Waals surface area contributed by atoms with Crippen molar-refractivity contribution in [2.24, 2.45) is 0 Å². The lowest BCUT2D eigenvalue weighted by Crippen LogP contribution is -2.25. The summed E-state index contributed by atoms with van der Waals surface area (Å²) in [6.45, 7) is 0.338. The van der Waals surface area contributed by atoms with Crippen LogP contribution in [-0.4, -0.2) is 27.6 Å². The van der Waals surface area contributed by atoms with Crippen LogP contribution in [0.4, 0.5) is 4.39 Å². The first-order chi connectivity index (χ1) is 8.25. The molecule has 2 heterocycles. The third kappa shape index (κ3) is 3.07. The molecule has 0 fully saturated rings. The molecule has 0 saturated heterocycles. The molecule has 0 unspecified atom stereocenters. The lowest BCUT2D eigenvalue weighted by Gasteiger charge is -2.02. The van der Waals surface area contributed by atoms with Crippen LogP contribution in [0, 0.1) is 5.95 Å². The maximum Gasteiger partial charge on any atom is 0.251 e. The second kappa shape index (κ2) is 5.15. The molecule has 0 atom stereocenters. The normalized spacial score (nSPS) is 10.2. The van der Waals surface area contributed by atoms with E-state index in [1.54, 1.807) is 0 Å². The van der Waals surface area contributed by atoms with Crippen molar-refractivity contribution in [3.8, 4) is 0 Å². The zero-order valence-electron chi connectivity index (χ0n) is 8.76. The molecule has 7 heteroatoms. The summed E-state index contributed by atoms with van der Waals surface area (Å²) < 4.78 is 17.5. The van der Waals surface area contributed by atoms with E-state index in [1.165, 1.54) is 18.6 Å². The number of hydrogen-bond acceptors (Lipinski definition) is 5. The summed E-state index contributed by atoms with van der Waals surface area (Å²) in [5, 5.41) is 6.04. The van der Waals surface area contributed by atoms with Crippen LogP contribution in [0.25, 0.3) is 0 Å². The molecule has 17 heavy (non-hydrogen) atoms. The van der Waals surface area contributed by atoms with Gasteiger partial charge >= 0.3 is 0 Å². The van der Waals surface area contributed by atoms with Gasteiger partial charge < -0.3 is 9.84 Å². The predicted octanol–water partition coefficient (Wildman–Crippen LogP) is 0.576. The van der Waals surface area contributed by atoms with Crippen molar-refractivity contribution < 1.29 is 13.7 Å². The van der Waals surface area contributed by atoms with E-state index in [1.807, 2.05) is 0 Å². The minimum absolute atomic E-state index is 0.225. The third-order valence-electron chi connectivity index (χ3n) is 2.02. The quantitative estimate of drug-likeness (QED) is 0.785. The lowest BCUT2D eigenvalue weighted by atomic mass is 10.2. The molecule has 1 N–H and O–H groups in total. The van der Waals surface area contributed by atoms with E-state index in [9.17, 15) is 9.18 Å². The number of amides is 1. The topological polar surface area (TPSA) is 80.9 Å². The van der Waals surface area contributed by atoms with Gasteiger partial charge in [-0.3, -0.25) is 4.79 Å². The van der Waals surface area contributed by atoms with Crippen LogP contribution in [-0.2, 0) is 6.42 Å². The Morgan fingerprint density at radius 3 is 3.06 bits per heavy atom. The molecular formula is C10H9FN4O2. The number of hydrogen-bond donors (Lipinski definition) is 1. The number of nitrogens with one attached hydrogen (secondary N) is 1. The summed E-state index contributed by atoms with van der Waals surface area (Å²) in [7, 11) is 0. The van der Waals surface area contributed by atoms with Crippen LogP contribution in [0.15, 0.2) is 29.2 Å². The van der Waals surface area contributed by atoms with E-state index >= 15 is 0 Å². The van der Waals surface area contributed by atoms with Gasteiger partial charge in [0.25, 0.3) is 5.91 Å². The molecule has 0 aliphatic carbocycles. The van der Waals surface area contributed by atoms with Crippen molar-refractivity contribution in [3.63, 3.8) is 0 Å². The highest BCUT2D eigenvalue weighted by Crippen LogP contribution is 2.00. The van der Waals surface area contributed by atoms with Gasteiger partial charge in [0, 0.05) is 30.8 Å². The molecule has 2 rings (SSSR count). The predicted molar refractivity (Wildman–Crippen MR) is 54.5 cm³/mol. The van der Waals surface area contributed by atoms with E-state index in [-0.39, 0.29) is 11.5 Å². The molecule has 6 nitrogen and oxygen atoms in total. The highest BCUT2D eigenvalue weighted by Gasteiger charge is 2.07. The van der Waals surface area contributed by atoms with Crippen molar-refractivity contribution in [3.05, 3.63) is 42.1 Å². The zero-order chi connectivity index (χ0) is 12.1. The van der Waals surface area contributed by atoms with Crippen LogP contribution in [0.5, 0.6) is 0 Å². The number of aromatic nitrogens is 3. The number of halogens is 1. The van der Waals surface area contributed by atoms with Gasteiger partial charge in [-0.1, -0.05) is 5.16 Å². The molecule has 0 radical (unpaired) electrons. The van der Waals surface area contributed by atoms with E-state index in [0.29, 0.717) is 18.9 Å². The number of nitrogens with zero attached hydrogens (tertiary/aromatic N) is 3. The summed E-state index contributed by atoms with van der Waals surface area (Å²) in [6, 6.07) is 2.51. The molecule has 0 spiro atoms. The largest absolute Gasteiger partial charge is 0.352 e. The van der Waals surface area contributed by atoms with Crippen LogP contribution in [0.3, 0.4) is 0 Å². The van der Waals surface area contributed by atoms with E-state index in [0.717, 1.165) is 6.07 Å². The summed E-state index contributed by atoms with van der Waals surface area (Å²) in [5.74, 6) is -0.619. The van der Waals surface area contributed by atoms with Crippen LogP contribution in [0.1, 0.15) is 16.2 Å². The molecule has 0 saturated carbocycles. The van der Waals surface area contributed by atoms with Crippen molar-refractivity contribution in [1.82, 2.24) is 20.4 Å². The van der Waals surface area contributed by atoms with Crippen LogP contribution < -0.4 is 5.32 Å². The van der Waals surface area contributed by atoms with Crippen molar-refractivity contribution in [2.75, 3.05) is 6.54 Å². The van der Waals surface area contributed by atoms with Crippen molar-refractivity contribution >= 4 is 5.91 Å². The summed E-state index contributed by atoms with van der Waals surface area (Å²) >= 11 is 0. The Morgan fingerprint density at radius 1 is 1.47 bits per heavy atom. The smallest absolute Gasteiger partial charge is 0.251 e. The Kier molecular flexibility index (Phi) is 3.39. The second-order valence-electron chi connectivity index (χ2n) is 3.21. The zero-order valence-corrected chi connectivity index (χ0v) is 8.76. The Labute approximate surface area is 95.9 Å². The summed E-state index contributed by atoms with van der Waals surface area (Å²) in [6.07, 6.45) is 2.96. The monoisotopic (exact) mass is 236 g/mol. The molecule has 88 valence electrons. The lowest BCUT2D eigenvalue weighted by molar-refractivity contribution is 0.0952. The third-order valence-corrected chi connectivity index (χ3v) is 2.02. The number of carbonyl (C=O) groups is 1. The van der Waals surface area contributed by atoms with Crippen LogP contribution >= 0.6 is 0 Å². The fraction of sp³-hybridized carbons (Fsp3) is 0.200. The maximum atomic E-state index is 12.7. The maximum absolute atomic E-state index is 12.7. The first kappa shape index (κ1) is 11.2. The first-order valence-electron chi connectivity index (χ1n) is 4.91. The number of carbonyl (C=O) groups excluding carboxylic acids is 1. The second-order valence-corrected chi connectivity index (χ2v) is 3.21. The van der Waals surface area contributed by atoms with E-state index < -0.39 is 5.95 Å². The van der Waals surface area contributed by atoms with E-state index in [2.05, 4.69) is 20.4 Å². The van der Waals surface area contributed by atoms with Crippen LogP contribution in [0.2, 0.25) is 0 Å². The van der Waals surface area contributed by atoms with Gasteiger partial charge in [-0.2, -0.15) is 9.37 Å². The molecule has 0 aliphatic rings. The first-order valence-corrected chi connectivity index (χ1v) is 4.91. The average Bonchev–Trinajstić information content (AvgIpc) is 2.82. The molecule has 0 aliphatic heterocycles. The van der Waals surface area contributed by atoms with Gasteiger partial charge in [-0.05, 0) is 6.07 Å². The van der Waals surface area contributed by atoms with Crippen molar-refractivity contribution in [1.29, 1.82) is 0 Å². The fourth-order valence-corrected chi connectivity index (χ4v) is 1.23. The average molecular weight is 236 g/mol. The molecule has 2 aromatic heterocycles. The Morgan fingerprint density at radius 2 is 2.35 bits per heavy atom. The highest BCUT2D eigenvalue weighted by molar-refractivity contribution is 5.93. The molecule has 1 amide bonds. The van der Waals surface area contributed by atoms with Gasteiger partial charge in [0.15, 0.2) is 6.33 Å². The standard InChI is InChI=1S/C10H9FN4O2/c11-8-5-7(1-3-12-8)10(16)13-4-2-9-14-6-15-17-9/h1,3,5-6H,2,4H2,(H,13,16). The highest BCUT2D eigenvalue weighted by atomic mass is 19.1. The minimum atomic E-state index is -0.686. The number of rotatable bonds is 4. The Bertz CT molecular complexity index is 501. The molecule has 2 aromatic rings. The molecule has 0 bridgehead atoms. The molecule has 0 aromatic carbocycles. The van der Waals surface area contributed by atoms with Gasteiger partial charge in [0.2, 0.25) is 11.8 Å². The Balaban J connectivity index is 1.85. The van der Waals surface area contributed by atoms with E-state index in [4.69, 9.17) is 4.52 Å². The fourth-order valence-electron chi connectivity index (χ4n) is 1.23. The SMILES string of the molecule is O=C(NCCc1ncno1)c1ccnc(F)c1. The Hall–Kier alpha value is -2.31. The molecular weight excluding hydrogens is 227 g/mol. The van der Waals surface area contributed by atoms with Gasteiger partial charge in [-0.25, -0.2) is 4.98 Å². The van der Waals surface area contributed by atoms with Crippen molar-refractivity contribution in [2.45, 2.75) is 6.42 Å². The number of pyridine rings is 1. The minimum Gasteiger partial charge on any atom is -0.352 e. The van der Waals surface area contributed by atoms with Gasteiger partial charge in [-0.15, -0.1) is 0 Å². The summed E-state index contributed by atoms with van der Waals surface area (Å²) in [4.78, 5) is 18.7. The van der Waals surface area contributed by atoms with Gasteiger partial charge in [0.1, 0.15) is 0 Å². The summed E-state index contributed by atoms with van der Waals surface area (Å²) in [5.41, 5.74) is 0.225. The van der Waals surface area contributed by atoms with Gasteiger partial charge in [0.05, 0.1) is 0 Å².